The predicted octanol–water partition coefficient (Wildman–Crippen LogP) is 0.227. The van der Waals surface area contributed by atoms with Crippen LogP contribution in [0.2, 0.25) is 0 Å². The highest BCUT2D eigenvalue weighted by molar-refractivity contribution is 5.91. The first-order valence-electron chi connectivity index (χ1n) is 6.89. The van der Waals surface area contributed by atoms with Crippen LogP contribution in [0.15, 0.2) is 22.8 Å². The highest BCUT2D eigenvalue weighted by Crippen LogP contribution is 2.09. The Morgan fingerprint density at radius 3 is 2.52 bits per heavy atom. The van der Waals surface area contributed by atoms with Crippen LogP contribution in [0.3, 0.4) is 0 Å². The van der Waals surface area contributed by atoms with Crippen LogP contribution in [0, 0.1) is 0 Å². The molecular formula is C14H20N2O5. The van der Waals surface area contributed by atoms with Crippen LogP contribution in [-0.2, 0) is 14.3 Å². The quantitative estimate of drug-likeness (QED) is 0.703. The minimum Gasteiger partial charge on any atom is -0.459 e. The van der Waals surface area contributed by atoms with E-state index in [4.69, 9.17) is 13.9 Å². The molecule has 0 N–H and O–H groups in total. The van der Waals surface area contributed by atoms with E-state index >= 15 is 0 Å². The molecule has 1 aromatic heterocycles. The summed E-state index contributed by atoms with van der Waals surface area (Å²) in [4.78, 5) is 27.4. The van der Waals surface area contributed by atoms with Gasteiger partial charge in [-0.2, -0.15) is 0 Å². The third kappa shape index (κ3) is 4.30. The molecule has 116 valence electrons. The van der Waals surface area contributed by atoms with E-state index in [2.05, 4.69) is 0 Å². The number of carbonyl (C=O) groups is 2. The van der Waals surface area contributed by atoms with Gasteiger partial charge < -0.3 is 23.7 Å². The van der Waals surface area contributed by atoms with Gasteiger partial charge in [-0.15, -0.1) is 0 Å². The maximum absolute atomic E-state index is 12.1. The van der Waals surface area contributed by atoms with Crippen molar-refractivity contribution >= 4 is 11.8 Å². The van der Waals surface area contributed by atoms with Gasteiger partial charge in [-0.05, 0) is 12.1 Å². The third-order valence-electron chi connectivity index (χ3n) is 3.31. The van der Waals surface area contributed by atoms with Crippen molar-refractivity contribution in [2.45, 2.75) is 0 Å². The molecule has 0 unspecified atom stereocenters. The van der Waals surface area contributed by atoms with Gasteiger partial charge >= 0.3 is 0 Å². The molecule has 1 aliphatic rings. The Hall–Kier alpha value is -1.86. The number of piperazine rings is 1. The summed E-state index contributed by atoms with van der Waals surface area (Å²) in [7, 11) is 1.58. The Balaban J connectivity index is 1.72. The predicted molar refractivity (Wildman–Crippen MR) is 73.9 cm³/mol. The van der Waals surface area contributed by atoms with Gasteiger partial charge in [0.05, 0.1) is 19.5 Å². The van der Waals surface area contributed by atoms with Crippen molar-refractivity contribution in [3.05, 3.63) is 24.2 Å². The van der Waals surface area contributed by atoms with E-state index in [1.54, 1.807) is 29.0 Å². The number of ether oxygens (including phenoxy) is 2. The van der Waals surface area contributed by atoms with E-state index in [0.717, 1.165) is 0 Å². The molecule has 0 aliphatic carbocycles. The van der Waals surface area contributed by atoms with Crippen molar-refractivity contribution < 1.29 is 23.5 Å². The van der Waals surface area contributed by atoms with Gasteiger partial charge in [0.25, 0.3) is 5.91 Å². The number of carbonyl (C=O) groups excluding carboxylic acids is 2. The average molecular weight is 296 g/mol. The smallest absolute Gasteiger partial charge is 0.289 e. The summed E-state index contributed by atoms with van der Waals surface area (Å²) in [6.45, 7) is 2.96. The fourth-order valence-electron chi connectivity index (χ4n) is 2.11. The average Bonchev–Trinajstić information content (AvgIpc) is 3.05. The first kappa shape index (κ1) is 15.5. The molecule has 0 bridgehead atoms. The summed E-state index contributed by atoms with van der Waals surface area (Å²) >= 11 is 0. The second kappa shape index (κ2) is 7.80. The van der Waals surface area contributed by atoms with Gasteiger partial charge in [-0.25, -0.2) is 0 Å². The molecule has 7 nitrogen and oxygen atoms in total. The molecule has 0 radical (unpaired) electrons. The Labute approximate surface area is 123 Å². The number of methoxy groups -OCH3 is 1. The monoisotopic (exact) mass is 296 g/mol. The van der Waals surface area contributed by atoms with Gasteiger partial charge in [0.2, 0.25) is 5.91 Å². The second-order valence-corrected chi connectivity index (χ2v) is 4.70. The van der Waals surface area contributed by atoms with Crippen molar-refractivity contribution in [1.82, 2.24) is 9.80 Å². The first-order valence-corrected chi connectivity index (χ1v) is 6.89. The maximum atomic E-state index is 12.1. The van der Waals surface area contributed by atoms with Crippen LogP contribution >= 0.6 is 0 Å². The van der Waals surface area contributed by atoms with Crippen LogP contribution in [0.25, 0.3) is 0 Å². The fourth-order valence-corrected chi connectivity index (χ4v) is 2.11. The molecule has 1 aromatic rings. The molecule has 1 saturated heterocycles. The molecule has 0 spiro atoms. The van der Waals surface area contributed by atoms with Crippen molar-refractivity contribution in [3.8, 4) is 0 Å². The Morgan fingerprint density at radius 1 is 1.19 bits per heavy atom. The van der Waals surface area contributed by atoms with E-state index < -0.39 is 0 Å². The number of hydrogen-bond donors (Lipinski definition) is 0. The van der Waals surface area contributed by atoms with E-state index in [9.17, 15) is 9.59 Å². The van der Waals surface area contributed by atoms with Crippen LogP contribution in [0.5, 0.6) is 0 Å². The molecule has 2 rings (SSSR count). The fraction of sp³-hybridized carbons (Fsp3) is 0.571. The van der Waals surface area contributed by atoms with Crippen molar-refractivity contribution in [3.63, 3.8) is 0 Å². The molecule has 0 atom stereocenters. The molecule has 7 heteroatoms. The Morgan fingerprint density at radius 2 is 1.90 bits per heavy atom. The van der Waals surface area contributed by atoms with Gasteiger partial charge in [0, 0.05) is 33.3 Å². The SMILES string of the molecule is COCCOCC(=O)N1CCN(C(=O)c2ccco2)CC1. The summed E-state index contributed by atoms with van der Waals surface area (Å²) < 4.78 is 15.1. The topological polar surface area (TPSA) is 72.2 Å². The van der Waals surface area contributed by atoms with Crippen molar-refractivity contribution in [1.29, 1.82) is 0 Å². The lowest BCUT2D eigenvalue weighted by Crippen LogP contribution is -2.51. The lowest BCUT2D eigenvalue weighted by Gasteiger charge is -2.34. The summed E-state index contributed by atoms with van der Waals surface area (Å²) in [5.41, 5.74) is 0. The van der Waals surface area contributed by atoms with Crippen molar-refractivity contribution in [2.75, 3.05) is 53.1 Å². The standard InChI is InChI=1S/C14H20N2O5/c1-19-9-10-20-11-13(17)15-4-6-16(7-5-15)14(18)12-3-2-8-21-12/h2-3,8H,4-7,9-11H2,1H3. The molecule has 0 saturated carbocycles. The molecular weight excluding hydrogens is 276 g/mol. The number of hydrogen-bond acceptors (Lipinski definition) is 5. The molecule has 1 fully saturated rings. The number of furan rings is 1. The summed E-state index contributed by atoms with van der Waals surface area (Å²) in [5, 5.41) is 0. The highest BCUT2D eigenvalue weighted by Gasteiger charge is 2.25. The molecule has 2 heterocycles. The van der Waals surface area contributed by atoms with Gasteiger partial charge in [0.15, 0.2) is 5.76 Å². The zero-order valence-corrected chi connectivity index (χ0v) is 12.1. The minimum atomic E-state index is -0.136. The summed E-state index contributed by atoms with van der Waals surface area (Å²) in [6, 6.07) is 3.33. The lowest BCUT2D eigenvalue weighted by atomic mass is 10.3. The molecule has 1 aliphatic heterocycles. The molecule has 2 amide bonds. The van der Waals surface area contributed by atoms with E-state index in [1.165, 1.54) is 6.26 Å². The normalized spacial score (nSPS) is 15.3. The lowest BCUT2D eigenvalue weighted by molar-refractivity contribution is -0.138. The van der Waals surface area contributed by atoms with Crippen molar-refractivity contribution in [2.24, 2.45) is 0 Å². The van der Waals surface area contributed by atoms with Gasteiger partial charge in [-0.1, -0.05) is 0 Å². The molecule has 21 heavy (non-hydrogen) atoms. The first-order chi connectivity index (χ1) is 10.2. The van der Waals surface area contributed by atoms with Crippen LogP contribution in [0.1, 0.15) is 10.6 Å². The Kier molecular flexibility index (Phi) is 5.77. The van der Waals surface area contributed by atoms with Gasteiger partial charge in [-0.3, -0.25) is 9.59 Å². The summed E-state index contributed by atoms with van der Waals surface area (Å²) in [5.74, 6) is 0.136. The summed E-state index contributed by atoms with van der Waals surface area (Å²) in [6.07, 6.45) is 1.48. The van der Waals surface area contributed by atoms with Crippen LogP contribution < -0.4 is 0 Å². The number of amides is 2. The van der Waals surface area contributed by atoms with E-state index in [0.29, 0.717) is 45.2 Å². The van der Waals surface area contributed by atoms with Crippen LogP contribution in [0.4, 0.5) is 0 Å². The van der Waals surface area contributed by atoms with Gasteiger partial charge in [0.1, 0.15) is 6.61 Å². The second-order valence-electron chi connectivity index (χ2n) is 4.70. The molecule has 0 aromatic carbocycles. The minimum absolute atomic E-state index is 0.0511. The maximum Gasteiger partial charge on any atom is 0.289 e. The van der Waals surface area contributed by atoms with E-state index in [1.807, 2.05) is 0 Å². The van der Waals surface area contributed by atoms with Crippen LogP contribution in [-0.4, -0.2) is 74.7 Å². The number of nitrogens with zero attached hydrogens (tertiary/aromatic N) is 2. The number of rotatable bonds is 6. The van der Waals surface area contributed by atoms with E-state index in [-0.39, 0.29) is 18.4 Å². The zero-order chi connectivity index (χ0) is 15.1. The zero-order valence-electron chi connectivity index (χ0n) is 12.1. The Bertz CT molecular complexity index is 452. The third-order valence-corrected chi connectivity index (χ3v) is 3.31. The highest BCUT2D eigenvalue weighted by atomic mass is 16.5. The largest absolute Gasteiger partial charge is 0.459 e.